The van der Waals surface area contributed by atoms with E-state index in [1.807, 2.05) is 30.4 Å². The third-order valence-corrected chi connectivity index (χ3v) is 2.06. The number of allylic oxidation sites excluding steroid dienone is 3. The van der Waals surface area contributed by atoms with Crippen LogP contribution in [-0.4, -0.2) is 18.2 Å². The lowest BCUT2D eigenvalue weighted by Crippen LogP contribution is -1.92. The van der Waals surface area contributed by atoms with Crippen LogP contribution < -0.4 is 9.47 Å². The van der Waals surface area contributed by atoms with Crippen molar-refractivity contribution in [1.29, 1.82) is 0 Å². The molecule has 2 rings (SSSR count). The van der Waals surface area contributed by atoms with Crippen molar-refractivity contribution in [3.63, 3.8) is 0 Å². The largest absolute Gasteiger partial charge is 0.454 e. The minimum Gasteiger partial charge on any atom is -0.454 e. The third kappa shape index (κ3) is 2.42. The molecule has 1 heterocycles. The molecule has 1 aromatic carbocycles. The number of hydrogen-bond donors (Lipinski definition) is 1. The van der Waals surface area contributed by atoms with Gasteiger partial charge in [0.05, 0.1) is 6.21 Å². The molecule has 0 aliphatic carbocycles. The van der Waals surface area contributed by atoms with E-state index >= 15 is 0 Å². The SMILES string of the molecule is O/N=C\C=CC=Cc1ccc2c(c1)OCO2. The van der Waals surface area contributed by atoms with Gasteiger partial charge in [0.2, 0.25) is 6.79 Å². The molecule has 0 aromatic heterocycles. The van der Waals surface area contributed by atoms with E-state index in [0.29, 0.717) is 0 Å². The second-order valence-electron chi connectivity index (χ2n) is 3.12. The van der Waals surface area contributed by atoms with E-state index < -0.39 is 0 Å². The van der Waals surface area contributed by atoms with Crippen LogP contribution in [-0.2, 0) is 0 Å². The summed E-state index contributed by atoms with van der Waals surface area (Å²) in [6.07, 6.45) is 8.46. The average Bonchev–Trinajstić information content (AvgIpc) is 2.76. The summed E-state index contributed by atoms with van der Waals surface area (Å²) >= 11 is 0. The molecular weight excluding hydrogens is 206 g/mol. The highest BCUT2D eigenvalue weighted by atomic mass is 16.7. The van der Waals surface area contributed by atoms with Crippen LogP contribution >= 0.6 is 0 Å². The van der Waals surface area contributed by atoms with Crippen LogP contribution in [0, 0.1) is 0 Å². The standard InChI is InChI=1S/C12H11NO3/c14-13-7-3-1-2-4-10-5-6-11-12(8-10)16-9-15-11/h1-8,14H,9H2/b3-1?,4-2?,13-7-. The van der Waals surface area contributed by atoms with Crippen LogP contribution in [0.4, 0.5) is 0 Å². The molecule has 0 atom stereocenters. The van der Waals surface area contributed by atoms with Crippen LogP contribution in [0.15, 0.2) is 41.6 Å². The Morgan fingerprint density at radius 2 is 2.00 bits per heavy atom. The summed E-state index contributed by atoms with van der Waals surface area (Å²) in [6, 6.07) is 5.73. The van der Waals surface area contributed by atoms with Crippen molar-refractivity contribution >= 4 is 12.3 Å². The Balaban J connectivity index is 2.05. The van der Waals surface area contributed by atoms with Gasteiger partial charge in [-0.15, -0.1) is 0 Å². The molecule has 1 N–H and O–H groups in total. The number of oxime groups is 1. The highest BCUT2D eigenvalue weighted by molar-refractivity contribution is 5.71. The van der Waals surface area contributed by atoms with Crippen molar-refractivity contribution in [3.05, 3.63) is 42.0 Å². The highest BCUT2D eigenvalue weighted by Crippen LogP contribution is 2.32. The van der Waals surface area contributed by atoms with Gasteiger partial charge in [-0.05, 0) is 23.8 Å². The molecule has 1 aliphatic heterocycles. The van der Waals surface area contributed by atoms with Crippen molar-refractivity contribution in [2.75, 3.05) is 6.79 Å². The maximum Gasteiger partial charge on any atom is 0.231 e. The first-order valence-electron chi connectivity index (χ1n) is 4.80. The summed E-state index contributed by atoms with van der Waals surface area (Å²) in [7, 11) is 0. The van der Waals surface area contributed by atoms with Crippen molar-refractivity contribution in [2.24, 2.45) is 5.16 Å². The molecule has 82 valence electrons. The summed E-state index contributed by atoms with van der Waals surface area (Å²) < 4.78 is 10.5. The van der Waals surface area contributed by atoms with E-state index in [-0.39, 0.29) is 6.79 Å². The number of hydrogen-bond acceptors (Lipinski definition) is 4. The van der Waals surface area contributed by atoms with Gasteiger partial charge in [-0.3, -0.25) is 0 Å². The lowest BCUT2D eigenvalue weighted by atomic mass is 10.2. The summed E-state index contributed by atoms with van der Waals surface area (Å²) in [6.45, 7) is 0.287. The van der Waals surface area contributed by atoms with Crippen LogP contribution in [0.25, 0.3) is 6.08 Å². The fourth-order valence-electron chi connectivity index (χ4n) is 1.34. The Kier molecular flexibility index (Phi) is 3.23. The van der Waals surface area contributed by atoms with E-state index in [1.165, 1.54) is 6.21 Å². The molecule has 16 heavy (non-hydrogen) atoms. The maximum atomic E-state index is 8.15. The monoisotopic (exact) mass is 217 g/mol. The van der Waals surface area contributed by atoms with E-state index in [0.717, 1.165) is 17.1 Å². The predicted octanol–water partition coefficient (Wildman–Crippen LogP) is 2.44. The highest BCUT2D eigenvalue weighted by Gasteiger charge is 2.11. The molecule has 4 heteroatoms. The molecule has 0 saturated carbocycles. The number of rotatable bonds is 3. The van der Waals surface area contributed by atoms with Crippen molar-refractivity contribution in [3.8, 4) is 11.5 Å². The van der Waals surface area contributed by atoms with E-state index in [2.05, 4.69) is 5.16 Å². The minimum absolute atomic E-state index is 0.287. The zero-order valence-electron chi connectivity index (χ0n) is 8.54. The number of benzene rings is 1. The molecule has 0 fully saturated rings. The van der Waals surface area contributed by atoms with Crippen molar-refractivity contribution in [2.45, 2.75) is 0 Å². The Bertz CT molecular complexity index is 450. The first-order chi connectivity index (χ1) is 7.90. The predicted molar refractivity (Wildman–Crippen MR) is 61.0 cm³/mol. The van der Waals surface area contributed by atoms with E-state index in [4.69, 9.17) is 14.7 Å². The minimum atomic E-state index is 0.287. The van der Waals surface area contributed by atoms with E-state index in [1.54, 1.807) is 12.2 Å². The zero-order valence-corrected chi connectivity index (χ0v) is 8.54. The van der Waals surface area contributed by atoms with Crippen LogP contribution in [0.1, 0.15) is 5.56 Å². The topological polar surface area (TPSA) is 51.1 Å². The molecule has 0 unspecified atom stereocenters. The Hall–Kier alpha value is -2.23. The Morgan fingerprint density at radius 1 is 1.12 bits per heavy atom. The molecule has 0 amide bonds. The summed E-state index contributed by atoms with van der Waals surface area (Å²) in [5.74, 6) is 1.54. The summed E-state index contributed by atoms with van der Waals surface area (Å²) in [4.78, 5) is 0. The van der Waals surface area contributed by atoms with Gasteiger partial charge >= 0.3 is 0 Å². The second kappa shape index (κ2) is 5.02. The van der Waals surface area contributed by atoms with Gasteiger partial charge in [-0.25, -0.2) is 0 Å². The lowest BCUT2D eigenvalue weighted by molar-refractivity contribution is 0.174. The van der Waals surface area contributed by atoms with Gasteiger partial charge in [-0.2, -0.15) is 0 Å². The molecule has 0 radical (unpaired) electrons. The van der Waals surface area contributed by atoms with Gasteiger partial charge in [0.1, 0.15) is 0 Å². The summed E-state index contributed by atoms with van der Waals surface area (Å²) in [5.41, 5.74) is 1.02. The second-order valence-corrected chi connectivity index (χ2v) is 3.12. The van der Waals surface area contributed by atoms with Crippen molar-refractivity contribution < 1.29 is 14.7 Å². The molecule has 0 spiro atoms. The Labute approximate surface area is 93.1 Å². The van der Waals surface area contributed by atoms with Crippen LogP contribution in [0.5, 0.6) is 11.5 Å². The molecular formula is C12H11NO3. The number of fused-ring (bicyclic) bond motifs is 1. The lowest BCUT2D eigenvalue weighted by Gasteiger charge is -1.96. The number of nitrogens with zero attached hydrogens (tertiary/aromatic N) is 1. The molecule has 1 aromatic rings. The molecule has 0 bridgehead atoms. The first kappa shape index (κ1) is 10.3. The summed E-state index contributed by atoms with van der Waals surface area (Å²) in [5, 5.41) is 11.0. The van der Waals surface area contributed by atoms with Crippen LogP contribution in [0.2, 0.25) is 0 Å². The quantitative estimate of drug-likeness (QED) is 0.366. The smallest absolute Gasteiger partial charge is 0.231 e. The maximum absolute atomic E-state index is 8.15. The first-order valence-corrected chi connectivity index (χ1v) is 4.80. The molecule has 0 saturated heterocycles. The van der Waals surface area contributed by atoms with Gasteiger partial charge in [0.25, 0.3) is 0 Å². The molecule has 4 nitrogen and oxygen atoms in total. The van der Waals surface area contributed by atoms with E-state index in [9.17, 15) is 0 Å². The zero-order chi connectivity index (χ0) is 11.2. The van der Waals surface area contributed by atoms with Gasteiger partial charge in [0.15, 0.2) is 11.5 Å². The molecule has 1 aliphatic rings. The van der Waals surface area contributed by atoms with Crippen LogP contribution in [0.3, 0.4) is 0 Å². The van der Waals surface area contributed by atoms with Gasteiger partial charge < -0.3 is 14.7 Å². The fraction of sp³-hybridized carbons (Fsp3) is 0.0833. The van der Waals surface area contributed by atoms with Gasteiger partial charge in [0, 0.05) is 0 Å². The fourth-order valence-corrected chi connectivity index (χ4v) is 1.34. The van der Waals surface area contributed by atoms with Gasteiger partial charge in [-0.1, -0.05) is 29.5 Å². The number of ether oxygens (including phenoxy) is 2. The third-order valence-electron chi connectivity index (χ3n) is 2.06. The normalized spacial score (nSPS) is 14.5. The average molecular weight is 217 g/mol. The Morgan fingerprint density at radius 3 is 2.88 bits per heavy atom. The van der Waals surface area contributed by atoms with Crippen molar-refractivity contribution in [1.82, 2.24) is 0 Å².